The summed E-state index contributed by atoms with van der Waals surface area (Å²) in [6.45, 7) is 11.6. The van der Waals surface area contributed by atoms with Gasteiger partial charge < -0.3 is 4.74 Å². The molecular weight excluding hydrogens is 268 g/mol. The molecule has 0 radical (unpaired) electrons. The molecule has 2 rings (SSSR count). The molecule has 0 N–H and O–H groups in total. The molecule has 1 aliphatic rings. The van der Waals surface area contributed by atoms with Gasteiger partial charge >= 0.3 is 0 Å². The fourth-order valence-corrected chi connectivity index (χ4v) is 3.42. The van der Waals surface area contributed by atoms with E-state index in [1.807, 2.05) is 6.07 Å². The third-order valence-electron chi connectivity index (χ3n) is 5.02. The summed E-state index contributed by atoms with van der Waals surface area (Å²) in [7, 11) is 1.72. The smallest absolute Gasteiger partial charge is 0.119 e. The average Bonchev–Trinajstić information content (AvgIpc) is 2.46. The summed E-state index contributed by atoms with van der Waals surface area (Å²) in [5, 5.41) is 0. The number of benzene rings is 1. The first-order valence-electron chi connectivity index (χ1n) is 8.30. The van der Waals surface area contributed by atoms with E-state index in [9.17, 15) is 0 Å². The van der Waals surface area contributed by atoms with Crippen molar-refractivity contribution >= 4 is 0 Å². The number of hydrogen-bond acceptors (Lipinski definition) is 1. The molecule has 0 aliphatic heterocycles. The monoisotopic (exact) mass is 298 g/mol. The van der Waals surface area contributed by atoms with E-state index < -0.39 is 0 Å². The van der Waals surface area contributed by atoms with E-state index in [2.05, 4.69) is 65.0 Å². The molecule has 0 amide bonds. The van der Waals surface area contributed by atoms with Crippen molar-refractivity contribution in [3.05, 3.63) is 53.1 Å². The van der Waals surface area contributed by atoms with Gasteiger partial charge in [-0.1, -0.05) is 57.6 Å². The van der Waals surface area contributed by atoms with Gasteiger partial charge in [-0.05, 0) is 54.9 Å². The number of allylic oxidation sites excluding steroid dienone is 4. The fraction of sp³-hybridized carbons (Fsp3) is 0.524. The minimum absolute atomic E-state index is 0.00462. The maximum atomic E-state index is 5.36. The third-order valence-corrected chi connectivity index (χ3v) is 5.02. The first kappa shape index (κ1) is 16.9. The fourth-order valence-electron chi connectivity index (χ4n) is 3.42. The van der Waals surface area contributed by atoms with Gasteiger partial charge in [0.05, 0.1) is 7.11 Å². The summed E-state index contributed by atoms with van der Waals surface area (Å²) >= 11 is 0. The third kappa shape index (κ3) is 3.63. The molecule has 0 fully saturated rings. The predicted octanol–water partition coefficient (Wildman–Crippen LogP) is 6.06. The topological polar surface area (TPSA) is 9.23 Å². The van der Waals surface area contributed by atoms with Gasteiger partial charge in [0.15, 0.2) is 0 Å². The second-order valence-electron chi connectivity index (χ2n) is 7.72. The van der Waals surface area contributed by atoms with Crippen LogP contribution in [0.3, 0.4) is 0 Å². The van der Waals surface area contributed by atoms with E-state index in [4.69, 9.17) is 4.74 Å². The lowest BCUT2D eigenvalue weighted by Gasteiger charge is -2.33. The van der Waals surface area contributed by atoms with Crippen LogP contribution in [0.2, 0.25) is 0 Å². The summed E-state index contributed by atoms with van der Waals surface area (Å²) < 4.78 is 5.36. The Morgan fingerprint density at radius 3 is 2.59 bits per heavy atom. The normalized spacial score (nSPS) is 18.8. The molecule has 0 spiro atoms. The minimum Gasteiger partial charge on any atom is -0.497 e. The van der Waals surface area contributed by atoms with Crippen LogP contribution in [0.25, 0.3) is 0 Å². The second-order valence-corrected chi connectivity index (χ2v) is 7.72. The Hall–Kier alpha value is -1.50. The quantitative estimate of drug-likeness (QED) is 0.657. The van der Waals surface area contributed by atoms with Gasteiger partial charge in [-0.25, -0.2) is 0 Å². The van der Waals surface area contributed by atoms with Gasteiger partial charge in [-0.15, -0.1) is 0 Å². The lowest BCUT2D eigenvalue weighted by Crippen LogP contribution is -2.20. The van der Waals surface area contributed by atoms with Crippen LogP contribution in [0.5, 0.6) is 5.75 Å². The van der Waals surface area contributed by atoms with Gasteiger partial charge in [0, 0.05) is 5.41 Å². The SMILES string of the molecule is COc1cccc(C(C)(C)/C=C/C2=C(C)CCCC2(C)C)c1. The largest absolute Gasteiger partial charge is 0.497 e. The minimum atomic E-state index is -0.00462. The number of ether oxygens (including phenoxy) is 1. The van der Waals surface area contributed by atoms with Crippen molar-refractivity contribution in [1.29, 1.82) is 0 Å². The number of methoxy groups -OCH3 is 1. The van der Waals surface area contributed by atoms with Crippen LogP contribution >= 0.6 is 0 Å². The Morgan fingerprint density at radius 1 is 1.23 bits per heavy atom. The zero-order valence-electron chi connectivity index (χ0n) is 15.0. The zero-order chi connectivity index (χ0) is 16.4. The lowest BCUT2D eigenvalue weighted by molar-refractivity contribution is 0.376. The Kier molecular flexibility index (Phi) is 4.84. The maximum absolute atomic E-state index is 5.36. The summed E-state index contributed by atoms with van der Waals surface area (Å²) in [4.78, 5) is 0. The summed E-state index contributed by atoms with van der Waals surface area (Å²) in [6.07, 6.45) is 8.56. The number of rotatable bonds is 4. The predicted molar refractivity (Wildman–Crippen MR) is 95.5 cm³/mol. The van der Waals surface area contributed by atoms with Gasteiger partial charge in [0.2, 0.25) is 0 Å². The van der Waals surface area contributed by atoms with Gasteiger partial charge in [0.25, 0.3) is 0 Å². The standard InChI is InChI=1S/C21H30O/c1-16-9-8-13-21(4,5)19(16)12-14-20(2,3)17-10-7-11-18(15-17)22-6/h7,10-12,14-15H,8-9,13H2,1-6H3/b14-12+. The van der Waals surface area contributed by atoms with E-state index in [1.54, 1.807) is 12.7 Å². The van der Waals surface area contributed by atoms with Crippen molar-refractivity contribution in [3.63, 3.8) is 0 Å². The average molecular weight is 298 g/mol. The Labute approximate surface area is 136 Å². The first-order chi connectivity index (χ1) is 10.3. The molecule has 0 saturated heterocycles. The molecule has 1 aromatic carbocycles. The molecular formula is C21H30O. The molecule has 1 aromatic rings. The molecule has 0 saturated carbocycles. The van der Waals surface area contributed by atoms with Crippen LogP contribution in [0, 0.1) is 5.41 Å². The maximum Gasteiger partial charge on any atom is 0.119 e. The summed E-state index contributed by atoms with van der Waals surface area (Å²) in [5.74, 6) is 0.923. The van der Waals surface area contributed by atoms with Gasteiger partial charge in [-0.2, -0.15) is 0 Å². The molecule has 1 heteroatoms. The Bertz CT molecular complexity index is 588. The molecule has 22 heavy (non-hydrogen) atoms. The molecule has 0 bridgehead atoms. The van der Waals surface area contributed by atoms with Crippen molar-refractivity contribution in [3.8, 4) is 5.75 Å². The van der Waals surface area contributed by atoms with Gasteiger partial charge in [0.1, 0.15) is 5.75 Å². The van der Waals surface area contributed by atoms with E-state index in [-0.39, 0.29) is 5.41 Å². The van der Waals surface area contributed by atoms with E-state index in [0.717, 1.165) is 5.75 Å². The highest BCUT2D eigenvalue weighted by Crippen LogP contribution is 2.41. The van der Waals surface area contributed by atoms with Crippen molar-refractivity contribution < 1.29 is 4.74 Å². The molecule has 0 aromatic heterocycles. The van der Waals surface area contributed by atoms with Crippen LogP contribution in [-0.4, -0.2) is 7.11 Å². The Morgan fingerprint density at radius 2 is 1.95 bits per heavy atom. The van der Waals surface area contributed by atoms with E-state index >= 15 is 0 Å². The van der Waals surface area contributed by atoms with E-state index in [1.165, 1.54) is 30.4 Å². The van der Waals surface area contributed by atoms with Crippen LogP contribution in [-0.2, 0) is 5.41 Å². The number of hydrogen-bond donors (Lipinski definition) is 0. The molecule has 1 nitrogen and oxygen atoms in total. The summed E-state index contributed by atoms with van der Waals surface area (Å²) in [5.41, 5.74) is 4.65. The molecule has 0 atom stereocenters. The molecule has 0 unspecified atom stereocenters. The first-order valence-corrected chi connectivity index (χ1v) is 8.30. The molecule has 0 heterocycles. The Balaban J connectivity index is 2.31. The lowest BCUT2D eigenvalue weighted by atomic mass is 9.72. The zero-order valence-corrected chi connectivity index (χ0v) is 15.0. The van der Waals surface area contributed by atoms with Crippen molar-refractivity contribution in [2.45, 2.75) is 59.3 Å². The highest BCUT2D eigenvalue weighted by Gasteiger charge is 2.27. The van der Waals surface area contributed by atoms with Crippen LogP contribution < -0.4 is 4.74 Å². The van der Waals surface area contributed by atoms with E-state index in [0.29, 0.717) is 5.41 Å². The molecule has 1 aliphatic carbocycles. The second kappa shape index (κ2) is 6.32. The van der Waals surface area contributed by atoms with Crippen molar-refractivity contribution in [2.24, 2.45) is 5.41 Å². The van der Waals surface area contributed by atoms with Gasteiger partial charge in [-0.3, -0.25) is 0 Å². The highest BCUT2D eigenvalue weighted by atomic mass is 16.5. The van der Waals surface area contributed by atoms with Crippen molar-refractivity contribution in [2.75, 3.05) is 7.11 Å². The van der Waals surface area contributed by atoms with Crippen LogP contribution in [0.1, 0.15) is 59.4 Å². The van der Waals surface area contributed by atoms with Crippen LogP contribution in [0.15, 0.2) is 47.6 Å². The van der Waals surface area contributed by atoms with Crippen molar-refractivity contribution in [1.82, 2.24) is 0 Å². The molecule has 120 valence electrons. The van der Waals surface area contributed by atoms with Crippen LogP contribution in [0.4, 0.5) is 0 Å². The summed E-state index contributed by atoms with van der Waals surface area (Å²) in [6, 6.07) is 8.39. The highest BCUT2D eigenvalue weighted by molar-refractivity contribution is 5.39.